The Hall–Kier alpha value is -1.55. The molecule has 1 aromatic carbocycles. The molecule has 1 aromatic rings. The molecule has 1 rings (SSSR count). The van der Waals surface area contributed by atoms with Crippen molar-refractivity contribution in [3.05, 3.63) is 34.9 Å². The first-order valence-electron chi connectivity index (χ1n) is 7.13. The van der Waals surface area contributed by atoms with Crippen molar-refractivity contribution in [3.8, 4) is 0 Å². The maximum atomic E-state index is 12.2. The summed E-state index contributed by atoms with van der Waals surface area (Å²) in [6, 6.07) is 7.02. The summed E-state index contributed by atoms with van der Waals surface area (Å²) in [6.07, 6.45) is 0.823. The summed E-state index contributed by atoms with van der Waals surface area (Å²) >= 11 is 6.10. The number of carboxylic acids is 1. The number of hydrogen-bond acceptors (Lipinski definition) is 2. The molecule has 1 amide bonds. The lowest BCUT2D eigenvalue weighted by molar-refractivity contribution is -0.152. The van der Waals surface area contributed by atoms with Crippen molar-refractivity contribution in [2.24, 2.45) is 5.41 Å². The van der Waals surface area contributed by atoms with Gasteiger partial charge in [0.15, 0.2) is 0 Å². The van der Waals surface area contributed by atoms with E-state index in [0.29, 0.717) is 17.9 Å². The topological polar surface area (TPSA) is 66.4 Å². The van der Waals surface area contributed by atoms with Crippen molar-refractivity contribution in [2.75, 3.05) is 0 Å². The highest BCUT2D eigenvalue weighted by Crippen LogP contribution is 2.31. The summed E-state index contributed by atoms with van der Waals surface area (Å²) in [5, 5.41) is 12.8. The second-order valence-electron chi connectivity index (χ2n) is 5.28. The van der Waals surface area contributed by atoms with Gasteiger partial charge in [-0.15, -0.1) is 0 Å². The van der Waals surface area contributed by atoms with Crippen LogP contribution in [-0.2, 0) is 9.59 Å². The zero-order valence-electron chi connectivity index (χ0n) is 12.6. The van der Waals surface area contributed by atoms with E-state index < -0.39 is 11.4 Å². The quantitative estimate of drug-likeness (QED) is 0.805. The third kappa shape index (κ3) is 4.21. The molecule has 0 fully saturated rings. The molecule has 0 saturated carbocycles. The normalized spacial score (nSPS) is 12.8. The van der Waals surface area contributed by atoms with Gasteiger partial charge in [0.1, 0.15) is 0 Å². The van der Waals surface area contributed by atoms with Crippen molar-refractivity contribution in [2.45, 2.75) is 46.1 Å². The molecule has 0 bridgehead atoms. The van der Waals surface area contributed by atoms with Gasteiger partial charge < -0.3 is 10.4 Å². The van der Waals surface area contributed by atoms with E-state index in [1.165, 1.54) is 0 Å². The van der Waals surface area contributed by atoms with Crippen LogP contribution in [0.15, 0.2) is 24.3 Å². The van der Waals surface area contributed by atoms with Crippen LogP contribution in [0, 0.1) is 5.41 Å². The summed E-state index contributed by atoms with van der Waals surface area (Å²) in [5.41, 5.74) is -0.175. The van der Waals surface area contributed by atoms with E-state index in [9.17, 15) is 14.7 Å². The largest absolute Gasteiger partial charge is 0.481 e. The van der Waals surface area contributed by atoms with Crippen molar-refractivity contribution in [3.63, 3.8) is 0 Å². The molecule has 1 atom stereocenters. The fourth-order valence-corrected chi connectivity index (χ4v) is 2.68. The Morgan fingerprint density at radius 2 is 1.86 bits per heavy atom. The second-order valence-corrected chi connectivity index (χ2v) is 5.69. The smallest absolute Gasteiger partial charge is 0.310 e. The minimum absolute atomic E-state index is 0.0237. The Morgan fingerprint density at radius 3 is 2.33 bits per heavy atom. The van der Waals surface area contributed by atoms with Gasteiger partial charge in [0.2, 0.25) is 5.91 Å². The molecule has 2 N–H and O–H groups in total. The molecule has 0 heterocycles. The van der Waals surface area contributed by atoms with E-state index in [4.69, 9.17) is 11.6 Å². The first-order chi connectivity index (χ1) is 9.86. The van der Waals surface area contributed by atoms with E-state index in [-0.39, 0.29) is 18.4 Å². The molecule has 0 saturated heterocycles. The average molecular weight is 312 g/mol. The van der Waals surface area contributed by atoms with Crippen molar-refractivity contribution in [1.82, 2.24) is 5.32 Å². The van der Waals surface area contributed by atoms with Gasteiger partial charge in [-0.3, -0.25) is 9.59 Å². The molecule has 0 aromatic heterocycles. The molecule has 0 unspecified atom stereocenters. The summed E-state index contributed by atoms with van der Waals surface area (Å²) in [6.45, 7) is 5.42. The summed E-state index contributed by atoms with van der Waals surface area (Å²) < 4.78 is 0. The summed E-state index contributed by atoms with van der Waals surface area (Å²) in [5.74, 6) is -1.19. The number of nitrogens with one attached hydrogen (secondary N) is 1. The van der Waals surface area contributed by atoms with Crippen LogP contribution in [0.5, 0.6) is 0 Å². The summed E-state index contributed by atoms with van der Waals surface area (Å²) in [7, 11) is 0. The Labute approximate surface area is 130 Å². The number of carbonyl (C=O) groups excluding carboxylic acids is 1. The van der Waals surface area contributed by atoms with Gasteiger partial charge in [-0.1, -0.05) is 43.6 Å². The lowest BCUT2D eigenvalue weighted by Crippen LogP contribution is -2.37. The van der Waals surface area contributed by atoms with Gasteiger partial charge in [-0.2, -0.15) is 0 Å². The summed E-state index contributed by atoms with van der Waals surface area (Å²) in [4.78, 5) is 23.6. The monoisotopic (exact) mass is 311 g/mol. The van der Waals surface area contributed by atoms with Crippen LogP contribution >= 0.6 is 11.6 Å². The SMILES string of the molecule is CCC(CC)(CC(=O)N[C@H](C)c1ccccc1Cl)C(=O)O. The van der Waals surface area contributed by atoms with Crippen LogP contribution in [0.2, 0.25) is 5.02 Å². The number of carbonyl (C=O) groups is 2. The van der Waals surface area contributed by atoms with Gasteiger partial charge in [-0.25, -0.2) is 0 Å². The van der Waals surface area contributed by atoms with Crippen LogP contribution in [-0.4, -0.2) is 17.0 Å². The van der Waals surface area contributed by atoms with E-state index in [0.717, 1.165) is 5.56 Å². The molecule has 4 nitrogen and oxygen atoms in total. The molecular weight excluding hydrogens is 290 g/mol. The molecule has 0 spiro atoms. The molecule has 116 valence electrons. The Kier molecular flexibility index (Phi) is 6.21. The molecule has 21 heavy (non-hydrogen) atoms. The minimum atomic E-state index is -0.996. The Morgan fingerprint density at radius 1 is 1.29 bits per heavy atom. The van der Waals surface area contributed by atoms with Crippen LogP contribution in [0.1, 0.15) is 51.6 Å². The number of rotatable bonds is 7. The fourth-order valence-electron chi connectivity index (χ4n) is 2.38. The number of benzene rings is 1. The molecular formula is C16H22ClNO3. The zero-order chi connectivity index (χ0) is 16.0. The minimum Gasteiger partial charge on any atom is -0.481 e. The maximum Gasteiger partial charge on any atom is 0.310 e. The van der Waals surface area contributed by atoms with Gasteiger partial charge in [0.05, 0.1) is 11.5 Å². The lowest BCUT2D eigenvalue weighted by Gasteiger charge is -2.27. The van der Waals surface area contributed by atoms with Crippen LogP contribution in [0.4, 0.5) is 0 Å². The Balaban J connectivity index is 2.77. The van der Waals surface area contributed by atoms with E-state index in [1.54, 1.807) is 19.9 Å². The molecule has 0 aliphatic rings. The standard InChI is InChI=1S/C16H22ClNO3/c1-4-16(5-2,15(20)21)10-14(19)18-11(3)12-8-6-7-9-13(12)17/h6-9,11H,4-5,10H2,1-3H3,(H,18,19)(H,20,21)/t11-/m1/s1. The molecule has 0 aliphatic carbocycles. The van der Waals surface area contributed by atoms with Gasteiger partial charge >= 0.3 is 5.97 Å². The predicted molar refractivity (Wildman–Crippen MR) is 83.3 cm³/mol. The average Bonchev–Trinajstić information content (AvgIpc) is 2.44. The third-order valence-corrected chi connectivity index (χ3v) is 4.40. The highest BCUT2D eigenvalue weighted by atomic mass is 35.5. The predicted octanol–water partition coefficient (Wildman–Crippen LogP) is 3.80. The number of aliphatic carboxylic acids is 1. The highest BCUT2D eigenvalue weighted by molar-refractivity contribution is 6.31. The fraction of sp³-hybridized carbons (Fsp3) is 0.500. The van der Waals surface area contributed by atoms with Gasteiger partial charge in [-0.05, 0) is 31.4 Å². The van der Waals surface area contributed by atoms with Crippen LogP contribution < -0.4 is 5.32 Å². The Bertz CT molecular complexity index is 512. The number of halogens is 1. The second kappa shape index (κ2) is 7.46. The van der Waals surface area contributed by atoms with Crippen LogP contribution in [0.25, 0.3) is 0 Å². The third-order valence-electron chi connectivity index (χ3n) is 4.06. The number of hydrogen-bond donors (Lipinski definition) is 2. The van der Waals surface area contributed by atoms with E-state index in [1.807, 2.05) is 25.1 Å². The highest BCUT2D eigenvalue weighted by Gasteiger charge is 2.37. The van der Waals surface area contributed by atoms with Gasteiger partial charge in [0, 0.05) is 11.4 Å². The van der Waals surface area contributed by atoms with E-state index in [2.05, 4.69) is 5.32 Å². The van der Waals surface area contributed by atoms with Crippen molar-refractivity contribution >= 4 is 23.5 Å². The first-order valence-corrected chi connectivity index (χ1v) is 7.51. The van der Waals surface area contributed by atoms with Crippen LogP contribution in [0.3, 0.4) is 0 Å². The van der Waals surface area contributed by atoms with Crippen molar-refractivity contribution in [1.29, 1.82) is 0 Å². The number of amides is 1. The first kappa shape index (κ1) is 17.5. The van der Waals surface area contributed by atoms with Crippen molar-refractivity contribution < 1.29 is 14.7 Å². The van der Waals surface area contributed by atoms with Gasteiger partial charge in [0.25, 0.3) is 0 Å². The molecule has 0 radical (unpaired) electrons. The maximum absolute atomic E-state index is 12.2. The molecule has 0 aliphatic heterocycles. The van der Waals surface area contributed by atoms with E-state index >= 15 is 0 Å². The molecule has 5 heteroatoms. The lowest BCUT2D eigenvalue weighted by atomic mass is 9.79. The zero-order valence-corrected chi connectivity index (χ0v) is 13.4. The number of carboxylic acid groups (broad SMARTS) is 1.